The van der Waals surface area contributed by atoms with E-state index < -0.39 is 11.5 Å². The Hall–Kier alpha value is -3.36. The summed E-state index contributed by atoms with van der Waals surface area (Å²) in [5.41, 5.74) is 0.965. The van der Waals surface area contributed by atoms with E-state index in [0.717, 1.165) is 5.56 Å². The number of aliphatic hydroxyl groups is 1. The van der Waals surface area contributed by atoms with Crippen LogP contribution >= 0.6 is 0 Å². The minimum Gasteiger partial charge on any atom is -0.493 e. The third-order valence-corrected chi connectivity index (χ3v) is 4.72. The highest BCUT2D eigenvalue weighted by Gasteiger charge is 2.18. The smallest absolute Gasteiger partial charge is 0.349 e. The summed E-state index contributed by atoms with van der Waals surface area (Å²) in [4.78, 5) is 27.2. The van der Waals surface area contributed by atoms with Crippen LogP contribution in [0.1, 0.15) is 22.8 Å². The van der Waals surface area contributed by atoms with Gasteiger partial charge in [-0.1, -0.05) is 12.1 Å². The van der Waals surface area contributed by atoms with Crippen molar-refractivity contribution in [3.8, 4) is 11.5 Å². The van der Waals surface area contributed by atoms with Crippen molar-refractivity contribution in [2.75, 3.05) is 39.2 Å². The molecule has 2 aromatic carbocycles. The molecule has 0 bridgehead atoms. The van der Waals surface area contributed by atoms with Gasteiger partial charge < -0.3 is 24.3 Å². The molecule has 0 spiro atoms. The summed E-state index contributed by atoms with van der Waals surface area (Å²) < 4.78 is 16.3. The van der Waals surface area contributed by atoms with Crippen LogP contribution in [0.2, 0.25) is 0 Å². The topological polar surface area (TPSA) is 101 Å². The number of carbonyl (C=O) groups excluding carboxylic acids is 1. The molecule has 1 amide bonds. The number of hydrogen-bond donors (Lipinski definition) is 2. The number of aliphatic hydroxyl groups excluding tert-OH is 1. The van der Waals surface area contributed by atoms with E-state index in [1.54, 1.807) is 24.3 Å². The lowest BCUT2D eigenvalue weighted by Crippen LogP contribution is -2.22. The third-order valence-electron chi connectivity index (χ3n) is 4.72. The fourth-order valence-corrected chi connectivity index (χ4v) is 3.19. The SMILES string of the molecule is CCOc1c(OC)ccc2cc(C(=O)Nc3ccc(CN(C)CCO)cc3)c(=O)oc12. The largest absolute Gasteiger partial charge is 0.493 e. The molecule has 0 saturated carbocycles. The first kappa shape index (κ1) is 22.3. The monoisotopic (exact) mass is 426 g/mol. The van der Waals surface area contributed by atoms with Gasteiger partial charge in [0.15, 0.2) is 11.3 Å². The molecule has 164 valence electrons. The quantitative estimate of drug-likeness (QED) is 0.507. The molecule has 8 nitrogen and oxygen atoms in total. The van der Waals surface area contributed by atoms with Crippen LogP contribution in [0, 0.1) is 0 Å². The van der Waals surface area contributed by atoms with Crippen LogP contribution in [0.25, 0.3) is 11.0 Å². The predicted molar refractivity (Wildman–Crippen MR) is 118 cm³/mol. The number of amides is 1. The summed E-state index contributed by atoms with van der Waals surface area (Å²) in [5, 5.41) is 12.3. The molecule has 31 heavy (non-hydrogen) atoms. The van der Waals surface area contributed by atoms with Gasteiger partial charge in [0, 0.05) is 24.2 Å². The summed E-state index contributed by atoms with van der Waals surface area (Å²) in [5.74, 6) is 0.210. The second-order valence-electron chi connectivity index (χ2n) is 7.01. The minimum atomic E-state index is -0.763. The van der Waals surface area contributed by atoms with Crippen molar-refractivity contribution in [1.29, 1.82) is 0 Å². The maximum Gasteiger partial charge on any atom is 0.349 e. The number of anilines is 1. The van der Waals surface area contributed by atoms with Gasteiger partial charge in [-0.05, 0) is 49.9 Å². The van der Waals surface area contributed by atoms with E-state index in [4.69, 9.17) is 19.0 Å². The van der Waals surface area contributed by atoms with Gasteiger partial charge in [-0.2, -0.15) is 0 Å². The zero-order valence-electron chi connectivity index (χ0n) is 17.8. The Bertz CT molecular complexity index is 1110. The Morgan fingerprint density at radius 3 is 2.58 bits per heavy atom. The molecule has 0 atom stereocenters. The van der Waals surface area contributed by atoms with Crippen molar-refractivity contribution >= 4 is 22.6 Å². The highest BCUT2D eigenvalue weighted by molar-refractivity contribution is 6.05. The lowest BCUT2D eigenvalue weighted by molar-refractivity contribution is 0.102. The Kier molecular flexibility index (Phi) is 7.28. The molecule has 1 aromatic heterocycles. The summed E-state index contributed by atoms with van der Waals surface area (Å²) in [6.45, 7) is 3.53. The van der Waals surface area contributed by atoms with Crippen LogP contribution in [0.15, 0.2) is 51.7 Å². The molecule has 0 fully saturated rings. The Morgan fingerprint density at radius 2 is 1.94 bits per heavy atom. The average molecular weight is 426 g/mol. The molecule has 3 aromatic rings. The Morgan fingerprint density at radius 1 is 1.19 bits per heavy atom. The molecule has 0 saturated heterocycles. The first-order chi connectivity index (χ1) is 15.0. The van der Waals surface area contributed by atoms with Gasteiger partial charge >= 0.3 is 5.63 Å². The van der Waals surface area contributed by atoms with E-state index in [9.17, 15) is 9.59 Å². The van der Waals surface area contributed by atoms with Gasteiger partial charge in [-0.25, -0.2) is 4.79 Å². The van der Waals surface area contributed by atoms with E-state index in [-0.39, 0.29) is 17.8 Å². The van der Waals surface area contributed by atoms with Crippen molar-refractivity contribution < 1.29 is 23.8 Å². The normalized spacial score (nSPS) is 11.0. The summed E-state index contributed by atoms with van der Waals surface area (Å²) in [7, 11) is 3.41. The van der Waals surface area contributed by atoms with Gasteiger partial charge in [0.1, 0.15) is 5.56 Å². The number of hydrogen-bond acceptors (Lipinski definition) is 7. The van der Waals surface area contributed by atoms with Crippen molar-refractivity contribution in [3.63, 3.8) is 0 Å². The molecule has 2 N–H and O–H groups in total. The summed E-state index contributed by atoms with van der Waals surface area (Å²) in [6, 6.07) is 12.2. The maximum atomic E-state index is 12.7. The molecule has 0 aliphatic carbocycles. The lowest BCUT2D eigenvalue weighted by atomic mass is 10.1. The number of nitrogens with one attached hydrogen (secondary N) is 1. The fraction of sp³-hybridized carbons (Fsp3) is 0.304. The maximum absolute atomic E-state index is 12.7. The molecule has 0 aliphatic heterocycles. The molecule has 3 rings (SSSR count). The van der Waals surface area contributed by atoms with Crippen molar-refractivity contribution in [2.24, 2.45) is 0 Å². The van der Waals surface area contributed by atoms with E-state index in [1.165, 1.54) is 13.2 Å². The standard InChI is InChI=1S/C23H26N2O6/c1-4-30-21-19(29-3)10-7-16-13-18(23(28)31-20(16)21)22(27)24-17-8-5-15(6-9-17)14-25(2)11-12-26/h5-10,13,26H,4,11-12,14H2,1-3H3,(H,24,27). The van der Waals surface area contributed by atoms with Crippen LogP contribution in [0.4, 0.5) is 5.69 Å². The zero-order valence-corrected chi connectivity index (χ0v) is 17.8. The average Bonchev–Trinajstić information content (AvgIpc) is 2.75. The second kappa shape index (κ2) is 10.1. The summed E-state index contributed by atoms with van der Waals surface area (Å²) in [6.07, 6.45) is 0. The van der Waals surface area contributed by atoms with Crippen LogP contribution < -0.4 is 20.4 Å². The van der Waals surface area contributed by atoms with Gasteiger partial charge in [0.25, 0.3) is 5.91 Å². The number of nitrogens with zero attached hydrogens (tertiary/aromatic N) is 1. The first-order valence-corrected chi connectivity index (χ1v) is 9.94. The van der Waals surface area contributed by atoms with Crippen molar-refractivity contribution in [3.05, 3.63) is 64.0 Å². The molecule has 0 radical (unpaired) electrons. The number of methoxy groups -OCH3 is 1. The second-order valence-corrected chi connectivity index (χ2v) is 7.01. The van der Waals surface area contributed by atoms with Crippen LogP contribution in [0.5, 0.6) is 11.5 Å². The first-order valence-electron chi connectivity index (χ1n) is 9.94. The van der Waals surface area contributed by atoms with E-state index >= 15 is 0 Å². The highest BCUT2D eigenvalue weighted by atomic mass is 16.5. The minimum absolute atomic E-state index is 0.0951. The molecule has 0 unspecified atom stereocenters. The number of likely N-dealkylation sites (N-methyl/N-ethyl adjacent to an activating group) is 1. The number of fused-ring (bicyclic) bond motifs is 1. The van der Waals surface area contributed by atoms with E-state index in [2.05, 4.69) is 5.32 Å². The lowest BCUT2D eigenvalue weighted by Gasteiger charge is -2.15. The fourth-order valence-electron chi connectivity index (χ4n) is 3.19. The van der Waals surface area contributed by atoms with Crippen LogP contribution in [-0.2, 0) is 6.54 Å². The van der Waals surface area contributed by atoms with Crippen molar-refractivity contribution in [2.45, 2.75) is 13.5 Å². The predicted octanol–water partition coefficient (Wildman–Crippen LogP) is 2.88. The molecular formula is C23H26N2O6. The molecule has 8 heteroatoms. The highest BCUT2D eigenvalue weighted by Crippen LogP contribution is 2.35. The van der Waals surface area contributed by atoms with Crippen molar-refractivity contribution in [1.82, 2.24) is 4.90 Å². The van der Waals surface area contributed by atoms with E-state index in [0.29, 0.717) is 42.3 Å². The van der Waals surface area contributed by atoms with E-state index in [1.807, 2.05) is 31.0 Å². The van der Waals surface area contributed by atoms with Gasteiger partial charge in [0.2, 0.25) is 5.75 Å². The number of benzene rings is 2. The Balaban J connectivity index is 1.82. The van der Waals surface area contributed by atoms with Crippen LogP contribution in [0.3, 0.4) is 0 Å². The molecule has 1 heterocycles. The number of ether oxygens (including phenoxy) is 2. The molecule has 0 aliphatic rings. The zero-order chi connectivity index (χ0) is 22.4. The number of rotatable bonds is 9. The van der Waals surface area contributed by atoms with Crippen LogP contribution in [-0.4, -0.2) is 49.8 Å². The summed E-state index contributed by atoms with van der Waals surface area (Å²) >= 11 is 0. The Labute approximate surface area is 180 Å². The number of carbonyl (C=O) groups is 1. The molecular weight excluding hydrogens is 400 g/mol. The van der Waals surface area contributed by atoms with Gasteiger partial charge in [0.05, 0.1) is 20.3 Å². The van der Waals surface area contributed by atoms with Gasteiger partial charge in [-0.15, -0.1) is 0 Å². The van der Waals surface area contributed by atoms with Gasteiger partial charge in [-0.3, -0.25) is 9.69 Å². The third kappa shape index (κ3) is 5.22.